The Labute approximate surface area is 146 Å². The number of rotatable bonds is 6. The van der Waals surface area contributed by atoms with Gasteiger partial charge < -0.3 is 10.3 Å². The third-order valence-corrected chi connectivity index (χ3v) is 3.96. The highest BCUT2D eigenvalue weighted by Gasteiger charge is 2.07. The van der Waals surface area contributed by atoms with Gasteiger partial charge in [0.1, 0.15) is 5.69 Å². The molecule has 0 aliphatic heterocycles. The van der Waals surface area contributed by atoms with Crippen molar-refractivity contribution < 1.29 is 4.79 Å². The minimum Gasteiger partial charge on any atom is -0.324 e. The summed E-state index contributed by atoms with van der Waals surface area (Å²) in [4.78, 5) is 27.1. The number of benzene rings is 2. The van der Waals surface area contributed by atoms with E-state index in [1.165, 1.54) is 0 Å². The van der Waals surface area contributed by atoms with E-state index in [0.717, 1.165) is 16.8 Å². The van der Waals surface area contributed by atoms with Gasteiger partial charge in [-0.25, -0.2) is 0 Å². The minimum atomic E-state index is -0.276. The Morgan fingerprint density at radius 2 is 1.48 bits per heavy atom. The number of carbonyl (C=O) groups is 1. The van der Waals surface area contributed by atoms with Gasteiger partial charge in [0.25, 0.3) is 5.56 Å². The molecule has 0 spiro atoms. The maximum absolute atomic E-state index is 12.2. The molecule has 1 amide bonds. The molecule has 0 fully saturated rings. The Kier molecular flexibility index (Phi) is 5.42. The fourth-order valence-corrected chi connectivity index (χ4v) is 2.65. The van der Waals surface area contributed by atoms with Crippen molar-refractivity contribution in [1.29, 1.82) is 0 Å². The van der Waals surface area contributed by atoms with Crippen molar-refractivity contribution in [1.82, 2.24) is 4.98 Å². The van der Waals surface area contributed by atoms with Crippen LogP contribution in [0, 0.1) is 0 Å². The number of aryl methyl sites for hydroxylation is 1. The van der Waals surface area contributed by atoms with Gasteiger partial charge in [-0.05, 0) is 29.7 Å². The predicted octanol–water partition coefficient (Wildman–Crippen LogP) is 3.54. The molecule has 0 atom stereocenters. The lowest BCUT2D eigenvalue weighted by Gasteiger charge is -2.07. The van der Waals surface area contributed by atoms with Crippen LogP contribution < -0.4 is 10.9 Å². The molecule has 0 aliphatic carbocycles. The highest BCUT2D eigenvalue weighted by atomic mass is 16.2. The van der Waals surface area contributed by atoms with Crippen LogP contribution in [0.1, 0.15) is 23.2 Å². The molecule has 0 saturated carbocycles. The van der Waals surface area contributed by atoms with E-state index in [2.05, 4.69) is 10.3 Å². The third-order valence-electron chi connectivity index (χ3n) is 3.96. The Hall–Kier alpha value is -3.14. The van der Waals surface area contributed by atoms with E-state index in [9.17, 15) is 9.59 Å². The van der Waals surface area contributed by atoms with Crippen LogP contribution in [-0.4, -0.2) is 10.9 Å². The van der Waals surface area contributed by atoms with E-state index in [1.54, 1.807) is 6.07 Å². The Morgan fingerprint density at radius 1 is 0.840 bits per heavy atom. The molecular weight excluding hydrogens is 312 g/mol. The summed E-state index contributed by atoms with van der Waals surface area (Å²) in [5, 5.41) is 2.69. The van der Waals surface area contributed by atoms with Gasteiger partial charge in [-0.15, -0.1) is 0 Å². The van der Waals surface area contributed by atoms with Crippen LogP contribution in [0.15, 0.2) is 77.6 Å². The molecule has 0 radical (unpaired) electrons. The molecule has 25 heavy (non-hydrogen) atoms. The molecule has 0 bridgehead atoms. The van der Waals surface area contributed by atoms with Gasteiger partial charge in [0.15, 0.2) is 0 Å². The molecule has 3 aromatic rings. The number of hydrogen-bond acceptors (Lipinski definition) is 2. The zero-order valence-corrected chi connectivity index (χ0v) is 13.9. The molecule has 2 N–H and O–H groups in total. The Balaban J connectivity index is 1.59. The van der Waals surface area contributed by atoms with Crippen molar-refractivity contribution in [3.05, 3.63) is 100.0 Å². The molecule has 0 aliphatic rings. The summed E-state index contributed by atoms with van der Waals surface area (Å²) in [5.41, 5.74) is 3.05. The lowest BCUT2D eigenvalue weighted by atomic mass is 10.1. The van der Waals surface area contributed by atoms with Gasteiger partial charge >= 0.3 is 0 Å². The molecular formula is C21H20N2O2. The molecule has 2 aromatic carbocycles. The highest BCUT2D eigenvalue weighted by molar-refractivity contribution is 5.90. The third kappa shape index (κ3) is 4.91. The first-order chi connectivity index (χ1) is 12.2. The van der Waals surface area contributed by atoms with Crippen LogP contribution in [0.5, 0.6) is 0 Å². The Bertz CT molecular complexity index is 887. The summed E-state index contributed by atoms with van der Waals surface area (Å²) in [6.45, 7) is 0. The number of amides is 1. The van der Waals surface area contributed by atoms with Crippen LogP contribution in [0.2, 0.25) is 0 Å². The predicted molar refractivity (Wildman–Crippen MR) is 99.7 cm³/mol. The highest BCUT2D eigenvalue weighted by Crippen LogP contribution is 2.09. The number of hydrogen-bond donors (Lipinski definition) is 2. The average molecular weight is 332 g/mol. The Morgan fingerprint density at radius 3 is 2.12 bits per heavy atom. The van der Waals surface area contributed by atoms with Crippen LogP contribution >= 0.6 is 0 Å². The summed E-state index contributed by atoms with van der Waals surface area (Å²) >= 11 is 0. The summed E-state index contributed by atoms with van der Waals surface area (Å²) in [6, 6.07) is 23.2. The molecule has 0 unspecified atom stereocenters. The van der Waals surface area contributed by atoms with Crippen LogP contribution in [0.3, 0.4) is 0 Å². The van der Waals surface area contributed by atoms with E-state index < -0.39 is 0 Å². The lowest BCUT2D eigenvalue weighted by molar-refractivity contribution is -0.116. The summed E-state index contributed by atoms with van der Waals surface area (Å²) < 4.78 is 0. The molecule has 1 heterocycles. The smallest absolute Gasteiger partial charge is 0.271 e. The second-order valence-corrected chi connectivity index (χ2v) is 5.92. The van der Waals surface area contributed by atoms with E-state index in [0.29, 0.717) is 19.3 Å². The van der Waals surface area contributed by atoms with Crippen LogP contribution in [0.4, 0.5) is 5.69 Å². The molecule has 1 aromatic heterocycles. The van der Waals surface area contributed by atoms with E-state index in [4.69, 9.17) is 0 Å². The van der Waals surface area contributed by atoms with Gasteiger partial charge in [-0.2, -0.15) is 0 Å². The summed E-state index contributed by atoms with van der Waals surface area (Å²) in [6.07, 6.45) is 1.64. The quantitative estimate of drug-likeness (QED) is 0.725. The van der Waals surface area contributed by atoms with Gasteiger partial charge in [-0.1, -0.05) is 60.7 Å². The van der Waals surface area contributed by atoms with E-state index >= 15 is 0 Å². The first-order valence-corrected chi connectivity index (χ1v) is 8.30. The maximum atomic E-state index is 12.2. The normalized spacial score (nSPS) is 10.4. The van der Waals surface area contributed by atoms with Gasteiger partial charge in [-0.3, -0.25) is 9.59 Å². The number of pyridine rings is 1. The number of aromatic nitrogens is 1. The van der Waals surface area contributed by atoms with E-state index in [-0.39, 0.29) is 17.2 Å². The van der Waals surface area contributed by atoms with Crippen LogP contribution in [0.25, 0.3) is 0 Å². The summed E-state index contributed by atoms with van der Waals surface area (Å²) in [5.74, 6) is -0.162. The molecule has 3 rings (SSSR count). The number of H-pyrrole nitrogens is 1. The van der Waals surface area contributed by atoms with Crippen molar-refractivity contribution in [2.45, 2.75) is 19.3 Å². The monoisotopic (exact) mass is 332 g/mol. The van der Waals surface area contributed by atoms with Crippen molar-refractivity contribution >= 4 is 11.6 Å². The first-order valence-electron chi connectivity index (χ1n) is 8.30. The minimum absolute atomic E-state index is 0.162. The second kappa shape index (κ2) is 8.11. The largest absolute Gasteiger partial charge is 0.324 e. The van der Waals surface area contributed by atoms with Crippen molar-refractivity contribution in [2.24, 2.45) is 0 Å². The van der Waals surface area contributed by atoms with Crippen molar-refractivity contribution in [3.63, 3.8) is 0 Å². The SMILES string of the molecule is O=C(CCc1ccccc1)Nc1ccc(Cc2ccccc2)[nH]c1=O. The topological polar surface area (TPSA) is 62.0 Å². The number of aromatic amines is 1. The summed E-state index contributed by atoms with van der Waals surface area (Å²) in [7, 11) is 0. The zero-order chi connectivity index (χ0) is 17.5. The fourth-order valence-electron chi connectivity index (χ4n) is 2.65. The molecule has 4 heteroatoms. The van der Waals surface area contributed by atoms with Gasteiger partial charge in [0.05, 0.1) is 0 Å². The van der Waals surface area contributed by atoms with E-state index in [1.807, 2.05) is 66.7 Å². The first kappa shape index (κ1) is 16.7. The van der Waals surface area contributed by atoms with Crippen molar-refractivity contribution in [3.8, 4) is 0 Å². The lowest BCUT2D eigenvalue weighted by Crippen LogP contribution is -2.20. The molecule has 126 valence electrons. The number of nitrogens with one attached hydrogen (secondary N) is 2. The van der Waals surface area contributed by atoms with Gasteiger partial charge in [0, 0.05) is 18.5 Å². The van der Waals surface area contributed by atoms with Crippen molar-refractivity contribution in [2.75, 3.05) is 5.32 Å². The second-order valence-electron chi connectivity index (χ2n) is 5.92. The molecule has 4 nitrogen and oxygen atoms in total. The standard InChI is InChI=1S/C21H20N2O2/c24-20(14-11-16-7-3-1-4-8-16)23-19-13-12-18(22-21(19)25)15-17-9-5-2-6-10-17/h1-10,12-13H,11,14-15H2,(H,22,25)(H,23,24). The zero-order valence-electron chi connectivity index (χ0n) is 13.9. The molecule has 0 saturated heterocycles. The average Bonchev–Trinajstić information content (AvgIpc) is 2.64. The fraction of sp³-hybridized carbons (Fsp3) is 0.143. The van der Waals surface area contributed by atoms with Crippen LogP contribution in [-0.2, 0) is 17.6 Å². The number of anilines is 1. The van der Waals surface area contributed by atoms with Gasteiger partial charge in [0.2, 0.25) is 5.91 Å². The maximum Gasteiger partial charge on any atom is 0.271 e. The number of carbonyl (C=O) groups excluding carboxylic acids is 1.